The van der Waals surface area contributed by atoms with Gasteiger partial charge in [0.25, 0.3) is 11.3 Å². The van der Waals surface area contributed by atoms with Crippen LogP contribution in [0.1, 0.15) is 16.7 Å². The van der Waals surface area contributed by atoms with Crippen molar-refractivity contribution in [3.05, 3.63) is 108 Å². The monoisotopic (exact) mass is 540 g/mol. The zero-order chi connectivity index (χ0) is 26.7. The Morgan fingerprint density at radius 3 is 2.32 bits per heavy atom. The molecule has 0 fully saturated rings. The summed E-state index contributed by atoms with van der Waals surface area (Å²) in [6.45, 7) is 1.70. The topological polar surface area (TPSA) is 53.0 Å². The van der Waals surface area contributed by atoms with Crippen molar-refractivity contribution >= 4 is 27.7 Å². The maximum atomic E-state index is 12.6. The highest BCUT2D eigenvalue weighted by Gasteiger charge is 2.31. The summed E-state index contributed by atoms with van der Waals surface area (Å²) in [6.07, 6.45) is -3.42. The van der Waals surface area contributed by atoms with Crippen LogP contribution >= 0.6 is 0 Å². The summed E-state index contributed by atoms with van der Waals surface area (Å²) in [5.41, 5.74) is 3.93. The molecule has 38 heavy (non-hydrogen) atoms. The lowest BCUT2D eigenvalue weighted by Crippen LogP contribution is -2.47. The number of rotatable bonds is 8. The minimum absolute atomic E-state index is 0.180. The average molecular weight is 541 g/mol. The van der Waals surface area contributed by atoms with E-state index in [1.165, 1.54) is 27.6 Å². The van der Waals surface area contributed by atoms with Gasteiger partial charge in [-0.25, -0.2) is 4.21 Å². The molecule has 0 aliphatic carbocycles. The molecule has 0 spiro atoms. The van der Waals surface area contributed by atoms with E-state index in [9.17, 15) is 21.9 Å². The number of anilines is 1. The zero-order valence-electron chi connectivity index (χ0n) is 20.5. The third-order valence-corrected chi connectivity index (χ3v) is 7.63. The molecule has 5 nitrogen and oxygen atoms in total. The van der Waals surface area contributed by atoms with Gasteiger partial charge in [-0.2, -0.15) is 0 Å². The molecule has 0 saturated heterocycles. The van der Waals surface area contributed by atoms with Crippen LogP contribution in [-0.2, 0) is 30.7 Å². The first-order valence-electron chi connectivity index (χ1n) is 12.3. The fraction of sp³-hybridized carbons (Fsp3) is 0.241. The second-order valence-electron chi connectivity index (χ2n) is 9.36. The third kappa shape index (κ3) is 6.35. The highest BCUT2D eigenvalue weighted by molar-refractivity contribution is 7.80. The molecule has 0 saturated carbocycles. The Bertz CT molecular complexity index is 1430. The van der Waals surface area contributed by atoms with E-state index >= 15 is 0 Å². The highest BCUT2D eigenvalue weighted by atomic mass is 32.2. The van der Waals surface area contributed by atoms with E-state index in [0.29, 0.717) is 18.7 Å². The van der Waals surface area contributed by atoms with Crippen molar-refractivity contribution < 1.29 is 26.7 Å². The van der Waals surface area contributed by atoms with Crippen molar-refractivity contribution in [2.45, 2.75) is 31.8 Å². The molecule has 5 rings (SSSR count). The van der Waals surface area contributed by atoms with Crippen LogP contribution in [0.15, 0.2) is 91.0 Å². The largest absolute Gasteiger partial charge is 0.573 e. The summed E-state index contributed by atoms with van der Waals surface area (Å²) < 4.78 is 66.2. The molecule has 4 aromatic rings. The Balaban J connectivity index is 1.43. The third-order valence-electron chi connectivity index (χ3n) is 6.89. The van der Waals surface area contributed by atoms with Crippen molar-refractivity contribution in [1.29, 1.82) is 0 Å². The predicted molar refractivity (Wildman–Crippen MR) is 143 cm³/mol. The summed E-state index contributed by atoms with van der Waals surface area (Å²) in [5, 5.41) is 1.99. The molecule has 0 aromatic heterocycles. The number of hydrogen-bond donors (Lipinski definition) is 1. The van der Waals surface area contributed by atoms with Gasteiger partial charge in [0.2, 0.25) is 0 Å². The van der Waals surface area contributed by atoms with E-state index in [1.807, 2.05) is 54.6 Å². The standard InChI is InChI=1S/C29H27F3N2O3S/c30-29(31,32)37-28-13-9-21(10-14-28)17-27(33-16-15-23-6-2-4-8-25(23)19-33)20-34(38(35)36)26-12-11-22-5-1-3-7-24(22)18-26/h1-14,18,27H,15-17,19-20H2,(H,35,36). The summed E-state index contributed by atoms with van der Waals surface area (Å²) in [6, 6.07) is 27.4. The molecule has 1 aliphatic heterocycles. The van der Waals surface area contributed by atoms with Crippen molar-refractivity contribution in [2.75, 3.05) is 17.4 Å². The maximum Gasteiger partial charge on any atom is 0.573 e. The Labute approximate surface area is 221 Å². The lowest BCUT2D eigenvalue weighted by atomic mass is 9.96. The minimum Gasteiger partial charge on any atom is -0.406 e. The van der Waals surface area contributed by atoms with E-state index in [-0.39, 0.29) is 18.3 Å². The number of nitrogens with zero attached hydrogens (tertiary/aromatic N) is 2. The Morgan fingerprint density at radius 1 is 0.921 bits per heavy atom. The second-order valence-corrected chi connectivity index (χ2v) is 10.3. The molecular weight excluding hydrogens is 513 g/mol. The van der Waals surface area contributed by atoms with Crippen LogP contribution in [0.4, 0.5) is 18.9 Å². The van der Waals surface area contributed by atoms with Gasteiger partial charge in [-0.05, 0) is 64.6 Å². The first-order valence-corrected chi connectivity index (χ1v) is 13.3. The number of ether oxygens (including phenoxy) is 1. The van der Waals surface area contributed by atoms with Crippen LogP contribution in [-0.4, -0.2) is 39.2 Å². The van der Waals surface area contributed by atoms with E-state index in [1.54, 1.807) is 12.1 Å². The number of halogens is 3. The summed E-state index contributed by atoms with van der Waals surface area (Å²) in [5.74, 6) is -0.279. The van der Waals surface area contributed by atoms with Crippen LogP contribution < -0.4 is 9.04 Å². The summed E-state index contributed by atoms with van der Waals surface area (Å²) in [7, 11) is 0. The molecule has 198 valence electrons. The van der Waals surface area contributed by atoms with Gasteiger partial charge in [-0.1, -0.05) is 66.7 Å². The van der Waals surface area contributed by atoms with Crippen molar-refractivity contribution in [3.8, 4) is 5.75 Å². The molecule has 0 bridgehead atoms. The van der Waals surface area contributed by atoms with Gasteiger partial charge in [0.05, 0.1) is 5.69 Å². The van der Waals surface area contributed by atoms with E-state index < -0.39 is 17.6 Å². The summed E-state index contributed by atoms with van der Waals surface area (Å²) >= 11 is -2.28. The lowest BCUT2D eigenvalue weighted by Gasteiger charge is -2.38. The van der Waals surface area contributed by atoms with Crippen molar-refractivity contribution in [2.24, 2.45) is 0 Å². The average Bonchev–Trinajstić information content (AvgIpc) is 2.90. The van der Waals surface area contributed by atoms with Gasteiger partial charge in [-0.3, -0.25) is 13.8 Å². The van der Waals surface area contributed by atoms with Crippen LogP contribution in [0.25, 0.3) is 10.8 Å². The lowest BCUT2D eigenvalue weighted by molar-refractivity contribution is -0.274. The van der Waals surface area contributed by atoms with Gasteiger partial charge in [0.15, 0.2) is 0 Å². The second kappa shape index (κ2) is 11.1. The molecular formula is C29H27F3N2O3S. The van der Waals surface area contributed by atoms with Crippen molar-refractivity contribution in [3.63, 3.8) is 0 Å². The molecule has 0 radical (unpaired) electrons. The van der Waals surface area contributed by atoms with Crippen LogP contribution in [0.3, 0.4) is 0 Å². The quantitative estimate of drug-likeness (QED) is 0.265. The molecule has 2 unspecified atom stereocenters. The molecule has 0 amide bonds. The minimum atomic E-state index is -4.75. The fourth-order valence-electron chi connectivity index (χ4n) is 5.02. The Hall–Kier alpha value is -3.40. The first kappa shape index (κ1) is 26.2. The maximum absolute atomic E-state index is 12.6. The van der Waals surface area contributed by atoms with Crippen LogP contribution in [0, 0.1) is 0 Å². The Kier molecular flexibility index (Phi) is 7.69. The molecule has 9 heteroatoms. The first-order chi connectivity index (χ1) is 18.2. The smallest absolute Gasteiger partial charge is 0.406 e. The molecule has 4 aromatic carbocycles. The normalized spacial score (nSPS) is 15.6. The number of fused-ring (bicyclic) bond motifs is 2. The molecule has 1 N–H and O–H groups in total. The van der Waals surface area contributed by atoms with Crippen molar-refractivity contribution in [1.82, 2.24) is 4.90 Å². The Morgan fingerprint density at radius 2 is 1.61 bits per heavy atom. The zero-order valence-corrected chi connectivity index (χ0v) is 21.3. The number of alkyl halides is 3. The predicted octanol–water partition coefficient (Wildman–Crippen LogP) is 6.35. The van der Waals surface area contributed by atoms with E-state index in [4.69, 9.17) is 0 Å². The number of hydrogen-bond acceptors (Lipinski definition) is 3. The van der Waals surface area contributed by atoms with Gasteiger partial charge in [0, 0.05) is 25.7 Å². The van der Waals surface area contributed by atoms with Gasteiger partial charge < -0.3 is 4.74 Å². The van der Waals surface area contributed by atoms with E-state index in [2.05, 4.69) is 21.8 Å². The molecule has 1 heterocycles. The highest BCUT2D eigenvalue weighted by Crippen LogP contribution is 2.28. The summed E-state index contributed by atoms with van der Waals surface area (Å²) in [4.78, 5) is 2.28. The van der Waals surface area contributed by atoms with Crippen LogP contribution in [0.2, 0.25) is 0 Å². The molecule has 1 aliphatic rings. The fourth-order valence-corrected chi connectivity index (χ4v) is 5.61. The van der Waals surface area contributed by atoms with Gasteiger partial charge >= 0.3 is 6.36 Å². The van der Waals surface area contributed by atoms with Gasteiger partial charge in [0.1, 0.15) is 5.75 Å². The SMILES string of the molecule is O=S(O)N(CC(Cc1ccc(OC(F)(F)F)cc1)N1CCc2ccccc2C1)c1ccc2ccccc2c1. The molecule has 2 atom stereocenters. The van der Waals surface area contributed by atoms with Gasteiger partial charge in [-0.15, -0.1) is 13.2 Å². The van der Waals surface area contributed by atoms with Crippen LogP contribution in [0.5, 0.6) is 5.75 Å². The van der Waals surface area contributed by atoms with E-state index in [0.717, 1.165) is 29.3 Å². The number of benzene rings is 4.